The van der Waals surface area contributed by atoms with Gasteiger partial charge >= 0.3 is 0 Å². The Morgan fingerprint density at radius 3 is 2.15 bits per heavy atom. The van der Waals surface area contributed by atoms with E-state index < -0.39 is 11.9 Å². The van der Waals surface area contributed by atoms with Crippen LogP contribution >= 0.6 is 0 Å². The van der Waals surface area contributed by atoms with Gasteiger partial charge < -0.3 is 10.6 Å². The maximum Gasteiger partial charge on any atom is 0.244 e. The fourth-order valence-corrected chi connectivity index (χ4v) is 2.27. The molecule has 2 amide bonds. The molecule has 0 radical (unpaired) electrons. The lowest BCUT2D eigenvalue weighted by atomic mass is 10.0. The summed E-state index contributed by atoms with van der Waals surface area (Å²) < 4.78 is 0. The van der Waals surface area contributed by atoms with Crippen LogP contribution in [0, 0.1) is 0 Å². The van der Waals surface area contributed by atoms with E-state index in [2.05, 4.69) is 0 Å². The highest BCUT2D eigenvalue weighted by molar-refractivity contribution is 5.84. The number of amides is 2. The Hall–Kier alpha value is -1.88. The number of nitrogens with zero attached hydrogens (tertiary/aromatic N) is 2. The van der Waals surface area contributed by atoms with Crippen molar-refractivity contribution < 1.29 is 9.59 Å². The van der Waals surface area contributed by atoms with Gasteiger partial charge in [-0.1, -0.05) is 30.3 Å². The lowest BCUT2D eigenvalue weighted by molar-refractivity contribution is -0.137. The summed E-state index contributed by atoms with van der Waals surface area (Å²) >= 11 is 0. The van der Waals surface area contributed by atoms with Crippen LogP contribution in [0.15, 0.2) is 30.3 Å². The molecule has 1 aromatic carbocycles. The van der Waals surface area contributed by atoms with Crippen LogP contribution in [0.1, 0.15) is 25.5 Å². The number of primary amides is 1. The van der Waals surface area contributed by atoms with Gasteiger partial charge in [0.25, 0.3) is 0 Å². The first kappa shape index (κ1) is 16.2. The fraction of sp³-hybridized carbons (Fsp3) is 0.467. The Morgan fingerprint density at radius 1 is 1.15 bits per heavy atom. The van der Waals surface area contributed by atoms with Gasteiger partial charge in [-0.3, -0.25) is 14.5 Å². The van der Waals surface area contributed by atoms with Crippen LogP contribution in [0.3, 0.4) is 0 Å². The van der Waals surface area contributed by atoms with Crippen molar-refractivity contribution in [3.63, 3.8) is 0 Å². The molecule has 1 atom stereocenters. The summed E-state index contributed by atoms with van der Waals surface area (Å²) in [7, 11) is 1.74. The average Bonchev–Trinajstić information content (AvgIpc) is 2.40. The number of carbonyl (C=O) groups is 2. The summed E-state index contributed by atoms with van der Waals surface area (Å²) in [5, 5.41) is 0. The van der Waals surface area contributed by atoms with Crippen molar-refractivity contribution in [1.82, 2.24) is 9.80 Å². The van der Waals surface area contributed by atoms with E-state index >= 15 is 0 Å². The zero-order valence-corrected chi connectivity index (χ0v) is 12.4. The van der Waals surface area contributed by atoms with E-state index in [4.69, 9.17) is 5.73 Å². The minimum absolute atomic E-state index is 0.00931. The van der Waals surface area contributed by atoms with Gasteiger partial charge in [0.1, 0.15) is 6.04 Å². The molecule has 0 unspecified atom stereocenters. The molecule has 0 aliphatic carbocycles. The van der Waals surface area contributed by atoms with Gasteiger partial charge in [-0.2, -0.15) is 0 Å². The zero-order chi connectivity index (χ0) is 15.1. The van der Waals surface area contributed by atoms with Crippen molar-refractivity contribution in [1.29, 1.82) is 0 Å². The predicted molar refractivity (Wildman–Crippen MR) is 78.9 cm³/mol. The highest BCUT2D eigenvalue weighted by atomic mass is 16.2. The van der Waals surface area contributed by atoms with E-state index in [1.54, 1.807) is 16.8 Å². The fourth-order valence-electron chi connectivity index (χ4n) is 2.27. The SMILES string of the molecule is CCN(CC)C(=O)[C@@H](c1ccccc1)N(C)CC(N)=O. The smallest absolute Gasteiger partial charge is 0.244 e. The summed E-state index contributed by atoms with van der Waals surface area (Å²) in [6.45, 7) is 5.22. The molecule has 1 aromatic rings. The molecule has 5 heteroatoms. The molecule has 0 spiro atoms. The Labute approximate surface area is 120 Å². The second-order valence-corrected chi connectivity index (χ2v) is 4.71. The molecule has 0 aliphatic heterocycles. The molecule has 2 N–H and O–H groups in total. The third-order valence-corrected chi connectivity index (χ3v) is 3.27. The highest BCUT2D eigenvalue weighted by Crippen LogP contribution is 2.21. The normalized spacial score (nSPS) is 12.2. The molecule has 0 saturated carbocycles. The maximum atomic E-state index is 12.7. The van der Waals surface area contributed by atoms with E-state index in [0.29, 0.717) is 13.1 Å². The molecule has 0 aliphatic rings. The maximum absolute atomic E-state index is 12.7. The lowest BCUT2D eigenvalue weighted by Crippen LogP contribution is -2.44. The molecule has 20 heavy (non-hydrogen) atoms. The molecule has 0 bridgehead atoms. The molecule has 5 nitrogen and oxygen atoms in total. The first-order chi connectivity index (χ1) is 9.51. The van der Waals surface area contributed by atoms with Crippen molar-refractivity contribution in [2.24, 2.45) is 5.73 Å². The largest absolute Gasteiger partial charge is 0.369 e. The van der Waals surface area contributed by atoms with Gasteiger partial charge in [-0.05, 0) is 26.5 Å². The molecule has 0 fully saturated rings. The van der Waals surface area contributed by atoms with Crippen molar-refractivity contribution in [2.75, 3.05) is 26.7 Å². The highest BCUT2D eigenvalue weighted by Gasteiger charge is 2.28. The first-order valence-corrected chi connectivity index (χ1v) is 6.83. The number of likely N-dealkylation sites (N-methyl/N-ethyl adjacent to an activating group) is 2. The molecule has 110 valence electrons. The van der Waals surface area contributed by atoms with Crippen molar-refractivity contribution in [3.05, 3.63) is 35.9 Å². The van der Waals surface area contributed by atoms with E-state index in [1.807, 2.05) is 44.2 Å². The predicted octanol–water partition coefficient (Wildman–Crippen LogP) is 1.01. The molecule has 0 saturated heterocycles. The number of carbonyl (C=O) groups excluding carboxylic acids is 2. The molecule has 0 aromatic heterocycles. The van der Waals surface area contributed by atoms with Crippen LogP contribution in [0.4, 0.5) is 0 Å². The number of hydrogen-bond donors (Lipinski definition) is 1. The third-order valence-electron chi connectivity index (χ3n) is 3.27. The minimum atomic E-state index is -0.483. The summed E-state index contributed by atoms with van der Waals surface area (Å²) in [6.07, 6.45) is 0. The Balaban J connectivity index is 3.07. The summed E-state index contributed by atoms with van der Waals surface area (Å²) in [4.78, 5) is 27.2. The average molecular weight is 277 g/mol. The van der Waals surface area contributed by atoms with Crippen LogP contribution < -0.4 is 5.73 Å². The third kappa shape index (κ3) is 4.06. The molecular formula is C15H23N3O2. The second-order valence-electron chi connectivity index (χ2n) is 4.71. The van der Waals surface area contributed by atoms with Crippen LogP contribution in [-0.2, 0) is 9.59 Å². The van der Waals surface area contributed by atoms with E-state index in [0.717, 1.165) is 5.56 Å². The van der Waals surface area contributed by atoms with Crippen molar-refractivity contribution in [3.8, 4) is 0 Å². The standard InChI is InChI=1S/C15H23N3O2/c1-4-18(5-2)15(20)14(17(3)11-13(16)19)12-9-7-6-8-10-12/h6-10,14H,4-5,11H2,1-3H3,(H2,16,19)/t14-/m1/s1. The Bertz CT molecular complexity index is 444. The topological polar surface area (TPSA) is 66.6 Å². The first-order valence-electron chi connectivity index (χ1n) is 6.83. The van der Waals surface area contributed by atoms with Gasteiger partial charge in [0.2, 0.25) is 11.8 Å². The Morgan fingerprint density at radius 2 is 1.70 bits per heavy atom. The van der Waals surface area contributed by atoms with E-state index in [9.17, 15) is 9.59 Å². The summed E-state index contributed by atoms with van der Waals surface area (Å²) in [5.74, 6) is -0.453. The molecular weight excluding hydrogens is 254 g/mol. The van der Waals surface area contributed by atoms with E-state index in [-0.39, 0.29) is 12.5 Å². The monoisotopic (exact) mass is 277 g/mol. The van der Waals surface area contributed by atoms with Crippen LogP contribution in [-0.4, -0.2) is 48.3 Å². The second kappa shape index (κ2) is 7.65. The zero-order valence-electron chi connectivity index (χ0n) is 12.4. The van der Waals surface area contributed by atoms with E-state index in [1.165, 1.54) is 0 Å². The van der Waals surface area contributed by atoms with Gasteiger partial charge in [0.05, 0.1) is 6.54 Å². The van der Waals surface area contributed by atoms with Crippen LogP contribution in [0.5, 0.6) is 0 Å². The summed E-state index contributed by atoms with van der Waals surface area (Å²) in [6, 6.07) is 8.97. The van der Waals surface area contributed by atoms with Crippen LogP contribution in [0.25, 0.3) is 0 Å². The summed E-state index contributed by atoms with van der Waals surface area (Å²) in [5.41, 5.74) is 6.11. The van der Waals surface area contributed by atoms with Gasteiger partial charge in [-0.15, -0.1) is 0 Å². The number of benzene rings is 1. The number of hydrogen-bond acceptors (Lipinski definition) is 3. The Kier molecular flexibility index (Phi) is 6.18. The lowest BCUT2D eigenvalue weighted by Gasteiger charge is -2.31. The van der Waals surface area contributed by atoms with Crippen LogP contribution in [0.2, 0.25) is 0 Å². The number of nitrogens with two attached hydrogens (primary N) is 1. The number of rotatable bonds is 7. The molecule has 1 rings (SSSR count). The molecule has 0 heterocycles. The minimum Gasteiger partial charge on any atom is -0.369 e. The van der Waals surface area contributed by atoms with Crippen molar-refractivity contribution >= 4 is 11.8 Å². The van der Waals surface area contributed by atoms with Gasteiger partial charge in [-0.25, -0.2) is 0 Å². The quantitative estimate of drug-likeness (QED) is 0.809. The van der Waals surface area contributed by atoms with Crippen molar-refractivity contribution in [2.45, 2.75) is 19.9 Å². The van der Waals surface area contributed by atoms with Gasteiger partial charge in [0, 0.05) is 13.1 Å². The van der Waals surface area contributed by atoms with Gasteiger partial charge in [0.15, 0.2) is 0 Å².